The lowest BCUT2D eigenvalue weighted by Gasteiger charge is -2.37. The van der Waals surface area contributed by atoms with Gasteiger partial charge in [-0.3, -0.25) is 4.79 Å². The van der Waals surface area contributed by atoms with E-state index in [2.05, 4.69) is 15.3 Å². The highest BCUT2D eigenvalue weighted by Gasteiger charge is 2.38. The number of H-pyrrole nitrogens is 1. The minimum absolute atomic E-state index is 0.0353. The van der Waals surface area contributed by atoms with Gasteiger partial charge in [-0.2, -0.15) is 0 Å². The highest BCUT2D eigenvalue weighted by molar-refractivity contribution is 5.92. The van der Waals surface area contributed by atoms with Gasteiger partial charge in [0.25, 0.3) is 5.91 Å². The number of amides is 1. The van der Waals surface area contributed by atoms with Gasteiger partial charge >= 0.3 is 5.97 Å². The minimum Gasteiger partial charge on any atom is -0.465 e. The number of nitrogens with zero attached hydrogens (tertiary/aromatic N) is 1. The van der Waals surface area contributed by atoms with Gasteiger partial charge in [0.05, 0.1) is 56.7 Å². The van der Waals surface area contributed by atoms with E-state index in [9.17, 15) is 9.59 Å². The second kappa shape index (κ2) is 15.3. The topological polar surface area (TPSA) is 141 Å². The number of aliphatic hydroxyl groups is 1. The average Bonchev–Trinajstić information content (AvgIpc) is 3.42. The van der Waals surface area contributed by atoms with E-state index in [0.29, 0.717) is 44.2 Å². The van der Waals surface area contributed by atoms with Crippen LogP contribution in [-0.2, 0) is 35.0 Å². The highest BCUT2D eigenvalue weighted by atomic mass is 16.7. The van der Waals surface area contributed by atoms with Gasteiger partial charge in [-0.05, 0) is 49.2 Å². The molecule has 3 aromatic rings. The number of para-hydroxylation sites is 2. The number of aromatic nitrogens is 2. The summed E-state index contributed by atoms with van der Waals surface area (Å²) >= 11 is 0. The van der Waals surface area contributed by atoms with Crippen LogP contribution in [0.25, 0.3) is 11.0 Å². The van der Waals surface area contributed by atoms with Crippen LogP contribution in [0.15, 0.2) is 60.4 Å². The maximum absolute atomic E-state index is 13.3. The molecule has 220 valence electrons. The van der Waals surface area contributed by atoms with Crippen LogP contribution in [0.2, 0.25) is 0 Å². The Morgan fingerprint density at radius 3 is 2.51 bits per heavy atom. The van der Waals surface area contributed by atoms with Crippen molar-refractivity contribution in [1.82, 2.24) is 15.3 Å². The van der Waals surface area contributed by atoms with E-state index in [1.807, 2.05) is 43.3 Å². The Kier molecular flexibility index (Phi) is 11.3. The molecule has 4 rings (SSSR count). The molecule has 0 bridgehead atoms. The monoisotopic (exact) mass is 567 g/mol. The van der Waals surface area contributed by atoms with E-state index in [1.165, 1.54) is 7.11 Å². The first-order chi connectivity index (χ1) is 20.0. The van der Waals surface area contributed by atoms with Crippen molar-refractivity contribution in [3.8, 4) is 0 Å². The Labute approximate surface area is 238 Å². The number of rotatable bonds is 15. The minimum atomic E-state index is -0.698. The van der Waals surface area contributed by atoms with Gasteiger partial charge in [-0.25, -0.2) is 9.78 Å². The van der Waals surface area contributed by atoms with E-state index in [-0.39, 0.29) is 43.3 Å². The molecule has 41 heavy (non-hydrogen) atoms. The summed E-state index contributed by atoms with van der Waals surface area (Å²) in [6, 6.07) is 14.8. The quantitative estimate of drug-likeness (QED) is 0.187. The third-order valence-electron chi connectivity index (χ3n) is 6.71. The Hall–Kier alpha value is -3.77. The fraction of sp³-hybridized carbons (Fsp3) is 0.433. The third-order valence-corrected chi connectivity index (χ3v) is 6.71. The smallest absolute Gasteiger partial charge is 0.337 e. The first kappa shape index (κ1) is 30.2. The molecule has 1 amide bonds. The Morgan fingerprint density at radius 1 is 1.05 bits per heavy atom. The van der Waals surface area contributed by atoms with Crippen molar-refractivity contribution >= 4 is 22.9 Å². The normalized spacial score (nSPS) is 18.5. The molecule has 3 atom stereocenters. The van der Waals surface area contributed by atoms with E-state index < -0.39 is 12.3 Å². The van der Waals surface area contributed by atoms with Crippen molar-refractivity contribution in [3.63, 3.8) is 0 Å². The first-order valence-corrected chi connectivity index (χ1v) is 13.7. The highest BCUT2D eigenvalue weighted by Crippen LogP contribution is 2.39. The predicted octanol–water partition coefficient (Wildman–Crippen LogP) is 3.06. The molecular formula is C30H37N3O8. The summed E-state index contributed by atoms with van der Waals surface area (Å²) in [6.45, 7) is 3.86. The van der Waals surface area contributed by atoms with Crippen molar-refractivity contribution in [2.45, 2.75) is 32.1 Å². The maximum atomic E-state index is 13.3. The average molecular weight is 568 g/mol. The van der Waals surface area contributed by atoms with Crippen LogP contribution < -0.4 is 5.32 Å². The standard InChI is InChI=1S/C30H37N3O8/c1-3-40-30-22(12-14-38-16-17-39-15-13-34)23(20-8-10-21(11-9-20)29(36)37-2)18-26(41-30)28(35)31-19-27-32-24-6-4-5-7-25(24)33-27/h4-11,18,22-23,30,34H,3,12-17,19H2,1-2H3,(H,31,35)(H,32,33). The lowest BCUT2D eigenvalue weighted by molar-refractivity contribution is -0.168. The van der Waals surface area contributed by atoms with Crippen LogP contribution in [0.4, 0.5) is 0 Å². The molecule has 0 saturated carbocycles. The molecule has 0 saturated heterocycles. The van der Waals surface area contributed by atoms with Crippen molar-refractivity contribution in [2.24, 2.45) is 5.92 Å². The summed E-state index contributed by atoms with van der Waals surface area (Å²) < 4.78 is 27.9. The van der Waals surface area contributed by atoms with Gasteiger partial charge in [0.2, 0.25) is 6.29 Å². The largest absolute Gasteiger partial charge is 0.465 e. The van der Waals surface area contributed by atoms with Gasteiger partial charge in [-0.1, -0.05) is 24.3 Å². The molecular weight excluding hydrogens is 530 g/mol. The fourth-order valence-corrected chi connectivity index (χ4v) is 4.72. The van der Waals surface area contributed by atoms with Gasteiger partial charge in [0, 0.05) is 25.0 Å². The molecule has 0 radical (unpaired) electrons. The molecule has 2 heterocycles. The predicted molar refractivity (Wildman–Crippen MR) is 150 cm³/mol. The number of esters is 1. The summed E-state index contributed by atoms with van der Waals surface area (Å²) in [7, 11) is 1.34. The number of methoxy groups -OCH3 is 1. The Morgan fingerprint density at radius 2 is 1.80 bits per heavy atom. The summed E-state index contributed by atoms with van der Waals surface area (Å²) in [4.78, 5) is 33.0. The van der Waals surface area contributed by atoms with Crippen LogP contribution in [0, 0.1) is 5.92 Å². The van der Waals surface area contributed by atoms with E-state index in [4.69, 9.17) is 28.8 Å². The molecule has 1 aromatic heterocycles. The van der Waals surface area contributed by atoms with Gasteiger partial charge in [0.1, 0.15) is 5.82 Å². The zero-order valence-corrected chi connectivity index (χ0v) is 23.3. The number of allylic oxidation sites excluding steroid dienone is 1. The molecule has 2 aromatic carbocycles. The summed E-state index contributed by atoms with van der Waals surface area (Å²) in [6.07, 6.45) is 1.68. The third kappa shape index (κ3) is 8.14. The number of hydrogen-bond donors (Lipinski definition) is 3. The first-order valence-electron chi connectivity index (χ1n) is 13.7. The van der Waals surface area contributed by atoms with Gasteiger partial charge in [-0.15, -0.1) is 0 Å². The number of aliphatic hydroxyl groups excluding tert-OH is 1. The molecule has 11 heteroatoms. The summed E-state index contributed by atoms with van der Waals surface area (Å²) in [5.41, 5.74) is 3.04. The number of carbonyl (C=O) groups is 2. The number of benzene rings is 2. The van der Waals surface area contributed by atoms with Gasteiger partial charge in [0.15, 0.2) is 5.76 Å². The Bertz CT molecular complexity index is 1270. The van der Waals surface area contributed by atoms with Crippen LogP contribution in [0.3, 0.4) is 0 Å². The van der Waals surface area contributed by atoms with Gasteiger partial charge < -0.3 is 39.1 Å². The molecule has 11 nitrogen and oxygen atoms in total. The van der Waals surface area contributed by atoms with Crippen molar-refractivity contribution < 1.29 is 38.4 Å². The molecule has 0 fully saturated rings. The van der Waals surface area contributed by atoms with Crippen molar-refractivity contribution in [1.29, 1.82) is 0 Å². The fourth-order valence-electron chi connectivity index (χ4n) is 4.72. The zero-order valence-electron chi connectivity index (χ0n) is 23.3. The molecule has 3 unspecified atom stereocenters. The molecule has 3 N–H and O–H groups in total. The summed E-state index contributed by atoms with van der Waals surface area (Å²) in [5, 5.41) is 11.7. The zero-order chi connectivity index (χ0) is 29.0. The van der Waals surface area contributed by atoms with Crippen LogP contribution >= 0.6 is 0 Å². The number of imidazole rings is 1. The van der Waals surface area contributed by atoms with E-state index in [1.54, 1.807) is 18.2 Å². The number of nitrogens with one attached hydrogen (secondary N) is 2. The number of aromatic amines is 1. The second-order valence-electron chi connectivity index (χ2n) is 9.40. The van der Waals surface area contributed by atoms with Crippen molar-refractivity contribution in [3.05, 3.63) is 77.3 Å². The molecule has 1 aliphatic heterocycles. The number of hydrogen-bond acceptors (Lipinski definition) is 9. The number of fused-ring (bicyclic) bond motifs is 1. The van der Waals surface area contributed by atoms with E-state index in [0.717, 1.165) is 16.6 Å². The van der Waals surface area contributed by atoms with Crippen LogP contribution in [-0.4, -0.2) is 80.0 Å². The molecule has 1 aliphatic rings. The Balaban J connectivity index is 1.52. The summed E-state index contributed by atoms with van der Waals surface area (Å²) in [5.74, 6) is -0.466. The number of ether oxygens (including phenoxy) is 5. The van der Waals surface area contributed by atoms with E-state index >= 15 is 0 Å². The molecule has 0 spiro atoms. The molecule has 0 aliphatic carbocycles. The second-order valence-corrected chi connectivity index (χ2v) is 9.40. The lowest BCUT2D eigenvalue weighted by Crippen LogP contribution is -2.39. The van der Waals surface area contributed by atoms with Crippen molar-refractivity contribution in [2.75, 3.05) is 46.8 Å². The SMILES string of the molecule is CCOC1OC(C(=O)NCc2nc3ccccc3[nH]2)=CC(c2ccc(C(=O)OC)cc2)C1CCOCCOCCO. The van der Waals surface area contributed by atoms with Crippen LogP contribution in [0.1, 0.15) is 41.0 Å². The van der Waals surface area contributed by atoms with Crippen LogP contribution in [0.5, 0.6) is 0 Å². The maximum Gasteiger partial charge on any atom is 0.337 e. The number of carbonyl (C=O) groups excluding carboxylic acids is 2. The lowest BCUT2D eigenvalue weighted by atomic mass is 9.81.